The number of hydrogen-bond acceptors (Lipinski definition) is 3. The summed E-state index contributed by atoms with van der Waals surface area (Å²) in [5, 5.41) is 0. The van der Waals surface area contributed by atoms with E-state index in [4.69, 9.17) is 4.74 Å². The Kier molecular flexibility index (Phi) is 2.40. The Morgan fingerprint density at radius 1 is 1.40 bits per heavy atom. The zero-order valence-electron chi connectivity index (χ0n) is 9.07. The van der Waals surface area contributed by atoms with Gasteiger partial charge in [0, 0.05) is 24.0 Å². The van der Waals surface area contributed by atoms with Crippen molar-refractivity contribution in [2.45, 2.75) is 20.0 Å². The van der Waals surface area contributed by atoms with Crippen LogP contribution in [0.4, 0.5) is 0 Å². The van der Waals surface area contributed by atoms with Gasteiger partial charge in [-0.05, 0) is 26.0 Å². The van der Waals surface area contributed by atoms with Crippen LogP contribution < -0.4 is 0 Å². The number of hydrogen-bond donors (Lipinski definition) is 0. The lowest BCUT2D eigenvalue weighted by molar-refractivity contribution is -0.111. The van der Waals surface area contributed by atoms with E-state index in [2.05, 4.69) is 4.99 Å². The summed E-state index contributed by atoms with van der Waals surface area (Å²) in [6, 6.07) is 0. The number of methoxy groups -OCH3 is 1. The third kappa shape index (κ3) is 1.49. The van der Waals surface area contributed by atoms with Gasteiger partial charge in [0.05, 0.1) is 5.71 Å². The molecule has 78 valence electrons. The predicted molar refractivity (Wildman–Crippen MR) is 58.8 cm³/mol. The van der Waals surface area contributed by atoms with E-state index in [0.29, 0.717) is 5.57 Å². The quantitative estimate of drug-likeness (QED) is 0.652. The van der Waals surface area contributed by atoms with Gasteiger partial charge in [0.2, 0.25) is 0 Å². The summed E-state index contributed by atoms with van der Waals surface area (Å²) < 4.78 is 5.26. The Balaban J connectivity index is 2.53. The smallest absolute Gasteiger partial charge is 0.192 e. The van der Waals surface area contributed by atoms with E-state index in [-0.39, 0.29) is 11.9 Å². The summed E-state index contributed by atoms with van der Waals surface area (Å²) in [7, 11) is 1.62. The maximum absolute atomic E-state index is 11.9. The molecular weight excluding hydrogens is 190 g/mol. The first kappa shape index (κ1) is 10.1. The number of Topliss-reactive ketones (excluding diaryl/α,β-unsaturated/α-hetero) is 1. The summed E-state index contributed by atoms with van der Waals surface area (Å²) in [6.45, 7) is 3.65. The van der Waals surface area contributed by atoms with Gasteiger partial charge in [-0.25, -0.2) is 0 Å². The number of ether oxygens (including phenoxy) is 1. The highest BCUT2D eigenvalue weighted by molar-refractivity contribution is 6.31. The van der Waals surface area contributed by atoms with Crippen LogP contribution in [0.3, 0.4) is 0 Å². The van der Waals surface area contributed by atoms with Crippen LogP contribution in [0.5, 0.6) is 0 Å². The molecule has 0 saturated heterocycles. The van der Waals surface area contributed by atoms with Crippen LogP contribution in [-0.4, -0.2) is 24.7 Å². The summed E-state index contributed by atoms with van der Waals surface area (Å²) in [6.07, 6.45) is 5.34. The largest absolute Gasteiger partial charge is 0.371 e. The third-order valence-corrected chi connectivity index (χ3v) is 2.76. The zero-order chi connectivity index (χ0) is 11.0. The van der Waals surface area contributed by atoms with E-state index in [1.165, 1.54) is 0 Å². The molecule has 3 heteroatoms. The van der Waals surface area contributed by atoms with E-state index in [1.54, 1.807) is 20.1 Å². The Morgan fingerprint density at radius 2 is 2.13 bits per heavy atom. The van der Waals surface area contributed by atoms with Gasteiger partial charge in [-0.15, -0.1) is 0 Å². The van der Waals surface area contributed by atoms with Crippen molar-refractivity contribution < 1.29 is 9.53 Å². The fourth-order valence-corrected chi connectivity index (χ4v) is 1.72. The van der Waals surface area contributed by atoms with Crippen molar-refractivity contribution in [3.05, 3.63) is 35.1 Å². The first-order chi connectivity index (χ1) is 7.15. The van der Waals surface area contributed by atoms with Gasteiger partial charge in [0.15, 0.2) is 5.78 Å². The molecule has 0 aromatic rings. The molecule has 0 fully saturated rings. The second kappa shape index (κ2) is 3.59. The molecule has 1 unspecified atom stereocenters. The molecule has 3 nitrogen and oxygen atoms in total. The molecule has 0 aromatic heterocycles. The van der Waals surface area contributed by atoms with E-state index in [1.807, 2.05) is 19.1 Å². The molecule has 0 aromatic carbocycles. The van der Waals surface area contributed by atoms with Crippen LogP contribution in [-0.2, 0) is 9.53 Å². The first-order valence-corrected chi connectivity index (χ1v) is 4.87. The maximum atomic E-state index is 11.9. The normalized spacial score (nSPS) is 25.0. The second-order valence-electron chi connectivity index (χ2n) is 3.66. The molecule has 0 spiro atoms. The number of fused-ring (bicyclic) bond motifs is 1. The summed E-state index contributed by atoms with van der Waals surface area (Å²) in [4.78, 5) is 16.4. The second-order valence-corrected chi connectivity index (χ2v) is 3.66. The molecule has 0 amide bonds. The molecule has 0 radical (unpaired) electrons. The lowest BCUT2D eigenvalue weighted by Gasteiger charge is -2.23. The van der Waals surface area contributed by atoms with Crippen LogP contribution in [0.15, 0.2) is 40.1 Å². The molecule has 1 atom stereocenters. The van der Waals surface area contributed by atoms with E-state index in [9.17, 15) is 4.79 Å². The first-order valence-electron chi connectivity index (χ1n) is 4.87. The van der Waals surface area contributed by atoms with E-state index < -0.39 is 0 Å². The number of carbonyl (C=O) groups is 1. The van der Waals surface area contributed by atoms with Crippen molar-refractivity contribution in [1.82, 2.24) is 0 Å². The molecule has 0 saturated carbocycles. The van der Waals surface area contributed by atoms with Crippen molar-refractivity contribution in [3.8, 4) is 0 Å². The average Bonchev–Trinajstić information content (AvgIpc) is 2.25. The number of carbonyl (C=O) groups excluding carboxylic acids is 1. The van der Waals surface area contributed by atoms with Crippen molar-refractivity contribution in [2.24, 2.45) is 4.99 Å². The molecule has 1 heterocycles. The lowest BCUT2D eigenvalue weighted by atomic mass is 9.90. The number of aliphatic imine (C=N–C) groups is 1. The lowest BCUT2D eigenvalue weighted by Crippen LogP contribution is -2.31. The zero-order valence-corrected chi connectivity index (χ0v) is 9.07. The SMILES string of the molecule is COC1C=CC=C2C(=O)C(C)=C(C)N=C21. The fraction of sp³-hybridized carbons (Fsp3) is 0.333. The minimum absolute atomic E-state index is 0.0592. The summed E-state index contributed by atoms with van der Waals surface area (Å²) in [5.41, 5.74) is 2.89. The predicted octanol–water partition coefficient (Wildman–Crippen LogP) is 1.82. The minimum Gasteiger partial charge on any atom is -0.371 e. The van der Waals surface area contributed by atoms with Gasteiger partial charge in [0.1, 0.15) is 6.10 Å². The van der Waals surface area contributed by atoms with Crippen LogP contribution in [0.25, 0.3) is 0 Å². The van der Waals surface area contributed by atoms with Crippen molar-refractivity contribution in [2.75, 3.05) is 7.11 Å². The number of allylic oxidation sites excluding steroid dienone is 4. The van der Waals surface area contributed by atoms with Gasteiger partial charge >= 0.3 is 0 Å². The monoisotopic (exact) mass is 203 g/mol. The standard InChI is InChI=1S/C12H13NO2/c1-7-8(2)13-11-9(12(7)14)5-4-6-10(11)15-3/h4-6,10H,1-3H3. The third-order valence-electron chi connectivity index (χ3n) is 2.76. The molecule has 1 aliphatic carbocycles. The summed E-state index contributed by atoms with van der Waals surface area (Å²) >= 11 is 0. The Morgan fingerprint density at radius 3 is 2.80 bits per heavy atom. The molecule has 15 heavy (non-hydrogen) atoms. The van der Waals surface area contributed by atoms with Crippen LogP contribution in [0, 0.1) is 0 Å². The summed E-state index contributed by atoms with van der Waals surface area (Å²) in [5.74, 6) is 0.0592. The topological polar surface area (TPSA) is 38.7 Å². The van der Waals surface area contributed by atoms with Gasteiger partial charge < -0.3 is 4.74 Å². The molecule has 0 bridgehead atoms. The van der Waals surface area contributed by atoms with Crippen molar-refractivity contribution in [3.63, 3.8) is 0 Å². The van der Waals surface area contributed by atoms with Gasteiger partial charge in [-0.2, -0.15) is 0 Å². The highest BCUT2D eigenvalue weighted by Crippen LogP contribution is 2.24. The fourth-order valence-electron chi connectivity index (χ4n) is 1.72. The Labute approximate surface area is 88.8 Å². The average molecular weight is 203 g/mol. The van der Waals surface area contributed by atoms with Crippen molar-refractivity contribution in [1.29, 1.82) is 0 Å². The Hall–Kier alpha value is -1.48. The molecular formula is C12H13NO2. The minimum atomic E-state index is -0.197. The molecule has 2 rings (SSSR count). The maximum Gasteiger partial charge on any atom is 0.192 e. The van der Waals surface area contributed by atoms with E-state index >= 15 is 0 Å². The van der Waals surface area contributed by atoms with Crippen molar-refractivity contribution >= 4 is 11.5 Å². The molecule has 0 N–H and O–H groups in total. The number of rotatable bonds is 1. The number of ketones is 1. The van der Waals surface area contributed by atoms with Gasteiger partial charge in [-0.3, -0.25) is 9.79 Å². The highest BCUT2D eigenvalue weighted by atomic mass is 16.5. The molecule has 2 aliphatic rings. The highest BCUT2D eigenvalue weighted by Gasteiger charge is 2.29. The Bertz CT molecular complexity index is 439. The van der Waals surface area contributed by atoms with Crippen LogP contribution in [0.1, 0.15) is 13.8 Å². The van der Waals surface area contributed by atoms with Gasteiger partial charge in [0.25, 0.3) is 0 Å². The van der Waals surface area contributed by atoms with E-state index in [0.717, 1.165) is 17.0 Å². The number of nitrogens with zero attached hydrogens (tertiary/aromatic N) is 1. The van der Waals surface area contributed by atoms with Crippen LogP contribution in [0.2, 0.25) is 0 Å². The van der Waals surface area contributed by atoms with Crippen LogP contribution >= 0.6 is 0 Å². The van der Waals surface area contributed by atoms with Gasteiger partial charge in [-0.1, -0.05) is 6.08 Å². The molecule has 1 aliphatic heterocycles.